The Kier molecular flexibility index (Phi) is 3.99. The van der Waals surface area contributed by atoms with E-state index in [0.29, 0.717) is 6.61 Å². The number of hydrogen-bond donors (Lipinski definition) is 1. The van der Waals surface area contributed by atoms with Gasteiger partial charge in [0.25, 0.3) is 0 Å². The zero-order chi connectivity index (χ0) is 14.1. The lowest BCUT2D eigenvalue weighted by molar-refractivity contribution is 0.0571. The standard InChI is InChI=1S/C17H25NO2/c1-12-3-4-13(2)17(7-12)20-11-16(19)10-18-9-14-5-6-15(18)8-14/h3-4,7,14-16,19H,5-6,8-11H2,1-2H3. The van der Waals surface area contributed by atoms with Crippen molar-refractivity contribution < 1.29 is 9.84 Å². The lowest BCUT2D eigenvalue weighted by Gasteiger charge is -2.28. The number of benzene rings is 1. The van der Waals surface area contributed by atoms with Gasteiger partial charge in [0.05, 0.1) is 0 Å². The first-order valence-electron chi connectivity index (χ1n) is 7.74. The van der Waals surface area contributed by atoms with Gasteiger partial charge in [0, 0.05) is 19.1 Å². The molecule has 1 aromatic rings. The quantitative estimate of drug-likeness (QED) is 0.896. The number of nitrogens with zero attached hydrogens (tertiary/aromatic N) is 1. The fraction of sp³-hybridized carbons (Fsp3) is 0.647. The molecule has 3 nitrogen and oxygen atoms in total. The molecule has 3 rings (SSSR count). The van der Waals surface area contributed by atoms with Gasteiger partial charge in [-0.1, -0.05) is 12.1 Å². The molecule has 0 amide bonds. The number of aliphatic hydroxyl groups excluding tert-OH is 1. The van der Waals surface area contributed by atoms with Gasteiger partial charge >= 0.3 is 0 Å². The van der Waals surface area contributed by atoms with Gasteiger partial charge in [0.1, 0.15) is 18.5 Å². The molecule has 2 aliphatic rings. The number of likely N-dealkylation sites (tertiary alicyclic amines) is 1. The second-order valence-corrected chi connectivity index (χ2v) is 6.52. The van der Waals surface area contributed by atoms with E-state index in [1.54, 1.807) is 0 Å². The lowest BCUT2D eigenvalue weighted by Crippen LogP contribution is -2.40. The van der Waals surface area contributed by atoms with Crippen LogP contribution in [0.1, 0.15) is 30.4 Å². The molecule has 3 unspecified atom stereocenters. The third-order valence-corrected chi connectivity index (χ3v) is 4.74. The van der Waals surface area contributed by atoms with Crippen molar-refractivity contribution in [3.05, 3.63) is 29.3 Å². The Balaban J connectivity index is 1.49. The third kappa shape index (κ3) is 2.99. The minimum absolute atomic E-state index is 0.387. The van der Waals surface area contributed by atoms with E-state index < -0.39 is 6.10 Å². The highest BCUT2D eigenvalue weighted by Gasteiger charge is 2.38. The minimum atomic E-state index is -0.394. The van der Waals surface area contributed by atoms with E-state index in [1.807, 2.05) is 13.0 Å². The average molecular weight is 275 g/mol. The number of hydrogen-bond acceptors (Lipinski definition) is 3. The highest BCUT2D eigenvalue weighted by molar-refractivity contribution is 5.35. The first-order valence-corrected chi connectivity index (χ1v) is 7.74. The van der Waals surface area contributed by atoms with E-state index in [-0.39, 0.29) is 0 Å². The maximum atomic E-state index is 10.2. The summed E-state index contributed by atoms with van der Waals surface area (Å²) >= 11 is 0. The Bertz CT molecular complexity index is 474. The summed E-state index contributed by atoms with van der Waals surface area (Å²) in [5.41, 5.74) is 2.32. The van der Waals surface area contributed by atoms with Crippen LogP contribution in [0.4, 0.5) is 0 Å². The second-order valence-electron chi connectivity index (χ2n) is 6.52. The molecule has 3 atom stereocenters. The van der Waals surface area contributed by atoms with Crippen molar-refractivity contribution in [3.8, 4) is 5.75 Å². The minimum Gasteiger partial charge on any atom is -0.491 e. The summed E-state index contributed by atoms with van der Waals surface area (Å²) in [7, 11) is 0. The van der Waals surface area contributed by atoms with Crippen molar-refractivity contribution >= 4 is 0 Å². The van der Waals surface area contributed by atoms with Crippen LogP contribution in [-0.2, 0) is 0 Å². The molecule has 1 heterocycles. The summed E-state index contributed by atoms with van der Waals surface area (Å²) in [6, 6.07) is 6.91. The molecule has 0 radical (unpaired) electrons. The van der Waals surface area contributed by atoms with E-state index in [9.17, 15) is 5.11 Å². The number of piperidine rings is 1. The van der Waals surface area contributed by atoms with Gasteiger partial charge in [0.2, 0.25) is 0 Å². The summed E-state index contributed by atoms with van der Waals surface area (Å²) in [5.74, 6) is 1.78. The molecule has 2 bridgehead atoms. The molecule has 1 aliphatic heterocycles. The summed E-state index contributed by atoms with van der Waals surface area (Å²) in [5, 5.41) is 10.2. The van der Waals surface area contributed by atoms with Gasteiger partial charge in [-0.2, -0.15) is 0 Å². The maximum Gasteiger partial charge on any atom is 0.122 e. The predicted octanol–water partition coefficient (Wildman–Crippen LogP) is 2.53. The summed E-state index contributed by atoms with van der Waals surface area (Å²) in [6.07, 6.45) is 3.64. The van der Waals surface area contributed by atoms with Crippen LogP contribution in [-0.4, -0.2) is 41.8 Å². The first kappa shape index (κ1) is 13.9. The van der Waals surface area contributed by atoms with Gasteiger partial charge in [-0.3, -0.25) is 4.90 Å². The maximum absolute atomic E-state index is 10.2. The molecule has 1 aromatic carbocycles. The van der Waals surface area contributed by atoms with E-state index in [2.05, 4.69) is 24.0 Å². The zero-order valence-electron chi connectivity index (χ0n) is 12.5. The molecular weight excluding hydrogens is 250 g/mol. The lowest BCUT2D eigenvalue weighted by atomic mass is 10.1. The van der Waals surface area contributed by atoms with Gasteiger partial charge in [-0.15, -0.1) is 0 Å². The average Bonchev–Trinajstić information content (AvgIpc) is 3.02. The monoisotopic (exact) mass is 275 g/mol. The number of β-amino-alcohol motifs (C(OH)–C–C–N with tert-alkyl or cyclic N) is 1. The first-order chi connectivity index (χ1) is 9.61. The molecule has 1 aliphatic carbocycles. The molecule has 1 N–H and O–H groups in total. The molecule has 1 saturated heterocycles. The van der Waals surface area contributed by atoms with Crippen molar-refractivity contribution in [1.29, 1.82) is 0 Å². The normalized spacial score (nSPS) is 26.9. The summed E-state index contributed by atoms with van der Waals surface area (Å²) in [6.45, 7) is 6.42. The van der Waals surface area contributed by atoms with Gasteiger partial charge in [-0.05, 0) is 56.2 Å². The Morgan fingerprint density at radius 2 is 2.20 bits per heavy atom. The van der Waals surface area contributed by atoms with Crippen LogP contribution in [0.15, 0.2) is 18.2 Å². The van der Waals surface area contributed by atoms with E-state index in [0.717, 1.165) is 29.8 Å². The Morgan fingerprint density at radius 3 is 2.90 bits per heavy atom. The predicted molar refractivity (Wildman–Crippen MR) is 80.1 cm³/mol. The molecule has 110 valence electrons. The summed E-state index contributed by atoms with van der Waals surface area (Å²) in [4.78, 5) is 2.45. The number of fused-ring (bicyclic) bond motifs is 2. The van der Waals surface area contributed by atoms with E-state index in [4.69, 9.17) is 4.74 Å². The van der Waals surface area contributed by atoms with Crippen LogP contribution in [0.5, 0.6) is 5.75 Å². The van der Waals surface area contributed by atoms with Crippen molar-refractivity contribution in [3.63, 3.8) is 0 Å². The number of aliphatic hydroxyl groups is 1. The number of rotatable bonds is 5. The fourth-order valence-corrected chi connectivity index (χ4v) is 3.62. The van der Waals surface area contributed by atoms with Crippen molar-refractivity contribution in [2.24, 2.45) is 5.92 Å². The highest BCUT2D eigenvalue weighted by Crippen LogP contribution is 2.37. The molecule has 20 heavy (non-hydrogen) atoms. The van der Waals surface area contributed by atoms with Gasteiger partial charge < -0.3 is 9.84 Å². The van der Waals surface area contributed by atoms with Crippen molar-refractivity contribution in [2.75, 3.05) is 19.7 Å². The number of ether oxygens (including phenoxy) is 1. The SMILES string of the molecule is Cc1ccc(C)c(OCC(O)CN2CC3CCC2C3)c1. The van der Waals surface area contributed by atoms with E-state index in [1.165, 1.54) is 31.4 Å². The van der Waals surface area contributed by atoms with Crippen molar-refractivity contribution in [2.45, 2.75) is 45.3 Å². The smallest absolute Gasteiger partial charge is 0.122 e. The Hall–Kier alpha value is -1.06. The van der Waals surface area contributed by atoms with Crippen LogP contribution in [0.25, 0.3) is 0 Å². The number of aryl methyl sites for hydroxylation is 2. The van der Waals surface area contributed by atoms with Crippen LogP contribution >= 0.6 is 0 Å². The van der Waals surface area contributed by atoms with Gasteiger partial charge in [0.15, 0.2) is 0 Å². The van der Waals surface area contributed by atoms with Crippen LogP contribution in [0, 0.1) is 19.8 Å². The van der Waals surface area contributed by atoms with Crippen molar-refractivity contribution in [1.82, 2.24) is 4.90 Å². The van der Waals surface area contributed by atoms with Gasteiger partial charge in [-0.25, -0.2) is 0 Å². The van der Waals surface area contributed by atoms with Crippen LogP contribution < -0.4 is 4.74 Å². The highest BCUT2D eigenvalue weighted by atomic mass is 16.5. The molecular formula is C17H25NO2. The second kappa shape index (κ2) is 5.74. The Morgan fingerprint density at radius 1 is 1.35 bits per heavy atom. The molecule has 3 heteroatoms. The summed E-state index contributed by atoms with van der Waals surface area (Å²) < 4.78 is 5.79. The largest absolute Gasteiger partial charge is 0.491 e. The molecule has 0 spiro atoms. The molecule has 2 fully saturated rings. The Labute approximate surface area is 121 Å². The third-order valence-electron chi connectivity index (χ3n) is 4.74. The van der Waals surface area contributed by atoms with Crippen LogP contribution in [0.2, 0.25) is 0 Å². The fourth-order valence-electron chi connectivity index (χ4n) is 3.62. The topological polar surface area (TPSA) is 32.7 Å². The molecule has 1 saturated carbocycles. The molecule has 0 aromatic heterocycles. The van der Waals surface area contributed by atoms with E-state index >= 15 is 0 Å². The van der Waals surface area contributed by atoms with Crippen LogP contribution in [0.3, 0.4) is 0 Å². The zero-order valence-corrected chi connectivity index (χ0v) is 12.5.